The molecule has 174 valence electrons. The first kappa shape index (κ1) is 25.0. The van der Waals surface area contributed by atoms with Crippen LogP contribution in [0.2, 0.25) is 5.02 Å². The summed E-state index contributed by atoms with van der Waals surface area (Å²) in [6, 6.07) is 13.2. The lowest BCUT2D eigenvalue weighted by molar-refractivity contribution is -0.137. The molecule has 0 spiro atoms. The third-order valence-corrected chi connectivity index (χ3v) is 6.74. The van der Waals surface area contributed by atoms with Gasteiger partial charge >= 0.3 is 0 Å². The highest BCUT2D eigenvalue weighted by atomic mass is 79.9. The Labute approximate surface area is 204 Å². The van der Waals surface area contributed by atoms with Crippen LogP contribution in [0.4, 0.5) is 0 Å². The van der Waals surface area contributed by atoms with Crippen molar-refractivity contribution in [2.45, 2.75) is 39.4 Å². The van der Waals surface area contributed by atoms with Crippen molar-refractivity contribution in [1.29, 1.82) is 0 Å². The van der Waals surface area contributed by atoms with Crippen LogP contribution in [-0.2, 0) is 11.4 Å². The number of likely N-dealkylation sites (tertiary alicyclic amines) is 1. The number of piperidine rings is 1. The minimum Gasteiger partial charge on any atom is -0.489 e. The Bertz CT molecular complexity index is 889. The number of halogens is 2. The van der Waals surface area contributed by atoms with E-state index >= 15 is 0 Å². The zero-order valence-corrected chi connectivity index (χ0v) is 21.1. The number of benzene rings is 2. The van der Waals surface area contributed by atoms with Crippen LogP contribution in [0.15, 0.2) is 46.9 Å². The number of hydrogen-bond donors (Lipinski definition) is 1. The topological polar surface area (TPSA) is 53.0 Å². The number of amides is 1. The molecule has 0 aromatic heterocycles. The predicted octanol–water partition coefficient (Wildman–Crippen LogP) is 5.30. The Balaban J connectivity index is 1.66. The molecule has 0 bridgehead atoms. The molecule has 3 rings (SSSR count). The second-order valence-electron chi connectivity index (χ2n) is 8.22. The lowest BCUT2D eigenvalue weighted by atomic mass is 9.95. The summed E-state index contributed by atoms with van der Waals surface area (Å²) in [6.07, 6.45) is 1.16. The van der Waals surface area contributed by atoms with Gasteiger partial charge in [0, 0.05) is 41.2 Å². The molecule has 0 radical (unpaired) electrons. The summed E-state index contributed by atoms with van der Waals surface area (Å²) in [6.45, 7) is 7.94. The van der Waals surface area contributed by atoms with Gasteiger partial charge in [0.25, 0.3) is 0 Å². The first-order valence-electron chi connectivity index (χ1n) is 11.3. The monoisotopic (exact) mass is 522 g/mol. The van der Waals surface area contributed by atoms with E-state index in [-0.39, 0.29) is 11.8 Å². The highest BCUT2D eigenvalue weighted by Gasteiger charge is 2.29. The van der Waals surface area contributed by atoms with E-state index in [1.807, 2.05) is 61.2 Å². The molecule has 2 aromatic rings. The first-order chi connectivity index (χ1) is 15.4. The molecule has 1 saturated heterocycles. The van der Waals surface area contributed by atoms with Gasteiger partial charge in [-0.25, -0.2) is 0 Å². The molecule has 32 heavy (non-hydrogen) atoms. The molecule has 1 heterocycles. The lowest BCUT2D eigenvalue weighted by Gasteiger charge is -2.35. The molecule has 1 N–H and O–H groups in total. The minimum atomic E-state index is -0.713. The number of nitrogens with zero attached hydrogens (tertiary/aromatic N) is 2. The van der Waals surface area contributed by atoms with Crippen molar-refractivity contribution in [2.24, 2.45) is 5.92 Å². The molecule has 2 unspecified atom stereocenters. The van der Waals surface area contributed by atoms with Gasteiger partial charge in [0.1, 0.15) is 12.4 Å². The number of aliphatic hydroxyl groups excluding tert-OH is 1. The van der Waals surface area contributed by atoms with E-state index in [0.717, 1.165) is 48.1 Å². The number of rotatable bonds is 9. The van der Waals surface area contributed by atoms with Crippen molar-refractivity contribution < 1.29 is 14.6 Å². The number of carbonyl (C=O) groups excluding carboxylic acids is 1. The van der Waals surface area contributed by atoms with Crippen molar-refractivity contribution in [3.05, 3.63) is 63.1 Å². The van der Waals surface area contributed by atoms with Gasteiger partial charge in [-0.05, 0) is 69.1 Å². The highest BCUT2D eigenvalue weighted by Crippen LogP contribution is 2.31. The molecule has 1 aliphatic rings. The number of hydrogen-bond acceptors (Lipinski definition) is 4. The van der Waals surface area contributed by atoms with Gasteiger partial charge in [0.2, 0.25) is 5.91 Å². The molecule has 0 saturated carbocycles. The lowest BCUT2D eigenvalue weighted by Crippen LogP contribution is -2.45. The Hall–Kier alpha value is -1.60. The Morgan fingerprint density at radius 2 is 1.97 bits per heavy atom. The van der Waals surface area contributed by atoms with E-state index in [2.05, 4.69) is 20.8 Å². The van der Waals surface area contributed by atoms with Crippen LogP contribution in [0.25, 0.3) is 0 Å². The van der Waals surface area contributed by atoms with Crippen LogP contribution in [0.5, 0.6) is 5.75 Å². The number of aliphatic hydroxyl groups is 1. The van der Waals surface area contributed by atoms with Crippen LogP contribution in [0.1, 0.15) is 43.9 Å². The SMILES string of the molecule is CCN(CC)C(=O)C1CCCN(CC(O)c2cc(Br)ccc2OCc2ccc(Cl)cc2)C1. The second-order valence-corrected chi connectivity index (χ2v) is 9.57. The zero-order valence-electron chi connectivity index (χ0n) is 18.8. The molecular weight excluding hydrogens is 492 g/mol. The normalized spacial score (nSPS) is 17.7. The molecule has 2 atom stereocenters. The fourth-order valence-corrected chi connectivity index (χ4v) is 4.72. The van der Waals surface area contributed by atoms with Crippen molar-refractivity contribution in [2.75, 3.05) is 32.7 Å². The predicted molar refractivity (Wildman–Crippen MR) is 132 cm³/mol. The summed E-state index contributed by atoms with van der Waals surface area (Å²) in [7, 11) is 0. The largest absolute Gasteiger partial charge is 0.489 e. The van der Waals surface area contributed by atoms with Crippen LogP contribution >= 0.6 is 27.5 Å². The highest BCUT2D eigenvalue weighted by molar-refractivity contribution is 9.10. The quantitative estimate of drug-likeness (QED) is 0.485. The van der Waals surface area contributed by atoms with Crippen molar-refractivity contribution in [1.82, 2.24) is 9.80 Å². The van der Waals surface area contributed by atoms with Gasteiger partial charge < -0.3 is 14.7 Å². The van der Waals surface area contributed by atoms with Gasteiger partial charge in [-0.3, -0.25) is 9.69 Å². The van der Waals surface area contributed by atoms with Gasteiger partial charge in [-0.1, -0.05) is 39.7 Å². The van der Waals surface area contributed by atoms with E-state index in [0.29, 0.717) is 30.5 Å². The molecule has 5 nitrogen and oxygen atoms in total. The van der Waals surface area contributed by atoms with Gasteiger partial charge in [0.15, 0.2) is 0 Å². The standard InChI is InChI=1S/C25H32BrClN2O3/c1-3-29(4-2)25(31)19-6-5-13-28(15-19)16-23(30)22-14-20(26)9-12-24(22)32-17-18-7-10-21(27)11-8-18/h7-12,14,19,23,30H,3-6,13,15-17H2,1-2H3. The zero-order chi connectivity index (χ0) is 23.1. The molecule has 7 heteroatoms. The Morgan fingerprint density at radius 1 is 1.25 bits per heavy atom. The Morgan fingerprint density at radius 3 is 2.66 bits per heavy atom. The molecule has 1 fully saturated rings. The van der Waals surface area contributed by atoms with E-state index in [1.165, 1.54) is 0 Å². The van der Waals surface area contributed by atoms with Gasteiger partial charge in [-0.15, -0.1) is 0 Å². The summed E-state index contributed by atoms with van der Waals surface area (Å²) < 4.78 is 6.93. The summed E-state index contributed by atoms with van der Waals surface area (Å²) in [5.74, 6) is 0.881. The summed E-state index contributed by atoms with van der Waals surface area (Å²) in [4.78, 5) is 16.9. The minimum absolute atomic E-state index is 0.000940. The average Bonchev–Trinajstić information content (AvgIpc) is 2.80. The molecule has 0 aliphatic carbocycles. The van der Waals surface area contributed by atoms with E-state index in [1.54, 1.807) is 0 Å². The summed E-state index contributed by atoms with van der Waals surface area (Å²) >= 11 is 9.47. The fourth-order valence-electron chi connectivity index (χ4n) is 4.21. The van der Waals surface area contributed by atoms with Crippen LogP contribution < -0.4 is 4.74 Å². The van der Waals surface area contributed by atoms with E-state index in [9.17, 15) is 9.90 Å². The maximum atomic E-state index is 12.8. The van der Waals surface area contributed by atoms with Gasteiger partial charge in [-0.2, -0.15) is 0 Å². The smallest absolute Gasteiger partial charge is 0.226 e. The van der Waals surface area contributed by atoms with Crippen LogP contribution in [-0.4, -0.2) is 53.5 Å². The third kappa shape index (κ3) is 6.70. The fraction of sp³-hybridized carbons (Fsp3) is 0.480. The second kappa shape index (κ2) is 12.0. The first-order valence-corrected chi connectivity index (χ1v) is 12.4. The van der Waals surface area contributed by atoms with Crippen molar-refractivity contribution in [3.8, 4) is 5.75 Å². The van der Waals surface area contributed by atoms with Gasteiger partial charge in [0.05, 0.1) is 12.0 Å². The van der Waals surface area contributed by atoms with Crippen molar-refractivity contribution in [3.63, 3.8) is 0 Å². The molecule has 1 amide bonds. The average molecular weight is 524 g/mol. The molecule has 2 aromatic carbocycles. The third-order valence-electron chi connectivity index (χ3n) is 6.00. The van der Waals surface area contributed by atoms with E-state index in [4.69, 9.17) is 16.3 Å². The maximum absolute atomic E-state index is 12.8. The number of carbonyl (C=O) groups is 1. The van der Waals surface area contributed by atoms with Crippen LogP contribution in [0, 0.1) is 5.92 Å². The number of β-amino-alcohol motifs (C(OH)–C–C–N with tert-alkyl or cyclic N) is 1. The number of ether oxygens (including phenoxy) is 1. The summed E-state index contributed by atoms with van der Waals surface area (Å²) in [5, 5.41) is 11.8. The molecular formula is C25H32BrClN2O3. The Kier molecular flexibility index (Phi) is 9.41. The molecule has 1 aliphatic heterocycles. The maximum Gasteiger partial charge on any atom is 0.226 e. The van der Waals surface area contributed by atoms with E-state index < -0.39 is 6.10 Å². The van der Waals surface area contributed by atoms with Crippen LogP contribution in [0.3, 0.4) is 0 Å². The van der Waals surface area contributed by atoms with Crippen molar-refractivity contribution >= 4 is 33.4 Å². The summed E-state index contributed by atoms with van der Waals surface area (Å²) in [5.41, 5.74) is 1.75.